The molecule has 0 spiro atoms. The summed E-state index contributed by atoms with van der Waals surface area (Å²) in [5.74, 6) is 0.823. The maximum Gasteiger partial charge on any atom is 0.433 e. The molecule has 0 aliphatic heterocycles. The Morgan fingerprint density at radius 2 is 1.90 bits per heavy atom. The number of rotatable bonds is 4. The molecule has 0 aromatic carbocycles. The van der Waals surface area contributed by atoms with Crippen LogP contribution in [0.15, 0.2) is 18.3 Å². The predicted octanol–water partition coefficient (Wildman–Crippen LogP) is 4.87. The van der Waals surface area contributed by atoms with Crippen molar-refractivity contribution in [1.82, 2.24) is 4.98 Å². The molecule has 2 nitrogen and oxygen atoms in total. The van der Waals surface area contributed by atoms with E-state index in [0.29, 0.717) is 11.7 Å². The van der Waals surface area contributed by atoms with Gasteiger partial charge in [0, 0.05) is 6.04 Å². The van der Waals surface area contributed by atoms with Gasteiger partial charge in [0.05, 0.1) is 11.9 Å². The SMILES string of the molecule is CCCC1CCC(Nc2ccc(C(F)(F)F)nc2)CC1. The van der Waals surface area contributed by atoms with Crippen LogP contribution in [0.3, 0.4) is 0 Å². The van der Waals surface area contributed by atoms with Gasteiger partial charge in [-0.1, -0.05) is 19.8 Å². The summed E-state index contributed by atoms with van der Waals surface area (Å²) in [6.07, 6.45) is 4.02. The molecule has 5 heteroatoms. The lowest BCUT2D eigenvalue weighted by Gasteiger charge is -2.29. The molecule has 20 heavy (non-hydrogen) atoms. The van der Waals surface area contributed by atoms with E-state index in [-0.39, 0.29) is 0 Å². The topological polar surface area (TPSA) is 24.9 Å². The Morgan fingerprint density at radius 1 is 1.20 bits per heavy atom. The second-order valence-electron chi connectivity index (χ2n) is 5.58. The second-order valence-corrected chi connectivity index (χ2v) is 5.58. The molecule has 0 saturated heterocycles. The van der Waals surface area contributed by atoms with Crippen molar-refractivity contribution in [3.05, 3.63) is 24.0 Å². The molecule has 0 amide bonds. The number of hydrogen-bond acceptors (Lipinski definition) is 2. The molecule has 1 saturated carbocycles. The number of aromatic nitrogens is 1. The smallest absolute Gasteiger partial charge is 0.381 e. The van der Waals surface area contributed by atoms with Crippen LogP contribution in [-0.4, -0.2) is 11.0 Å². The minimum Gasteiger partial charge on any atom is -0.381 e. The molecule has 0 atom stereocenters. The maximum absolute atomic E-state index is 12.4. The molecule has 0 bridgehead atoms. The minimum atomic E-state index is -4.36. The van der Waals surface area contributed by atoms with Crippen LogP contribution in [0, 0.1) is 5.92 Å². The van der Waals surface area contributed by atoms with Gasteiger partial charge in [-0.05, 0) is 43.7 Å². The zero-order valence-corrected chi connectivity index (χ0v) is 11.7. The van der Waals surface area contributed by atoms with E-state index in [4.69, 9.17) is 0 Å². The summed E-state index contributed by atoms with van der Waals surface area (Å²) in [6.45, 7) is 2.21. The lowest BCUT2D eigenvalue weighted by molar-refractivity contribution is -0.141. The molecule has 112 valence electrons. The van der Waals surface area contributed by atoms with Gasteiger partial charge in [0.2, 0.25) is 0 Å². The van der Waals surface area contributed by atoms with E-state index in [0.717, 1.165) is 24.8 Å². The van der Waals surface area contributed by atoms with E-state index in [1.807, 2.05) is 0 Å². The molecule has 1 heterocycles. The molecule has 1 aromatic heterocycles. The van der Waals surface area contributed by atoms with E-state index in [2.05, 4.69) is 17.2 Å². The van der Waals surface area contributed by atoms with Crippen molar-refractivity contribution in [1.29, 1.82) is 0 Å². The van der Waals surface area contributed by atoms with E-state index in [9.17, 15) is 13.2 Å². The van der Waals surface area contributed by atoms with Gasteiger partial charge in [0.1, 0.15) is 5.69 Å². The lowest BCUT2D eigenvalue weighted by atomic mass is 9.83. The fourth-order valence-electron chi connectivity index (χ4n) is 2.89. The molecule has 1 aliphatic rings. The number of pyridine rings is 1. The Bertz CT molecular complexity index is 406. The highest BCUT2D eigenvalue weighted by Gasteiger charge is 2.32. The van der Waals surface area contributed by atoms with Crippen LogP contribution in [0.25, 0.3) is 0 Å². The van der Waals surface area contributed by atoms with Gasteiger partial charge in [-0.3, -0.25) is 0 Å². The van der Waals surface area contributed by atoms with Crippen LogP contribution in [0.1, 0.15) is 51.1 Å². The van der Waals surface area contributed by atoms with Crippen molar-refractivity contribution in [2.75, 3.05) is 5.32 Å². The highest BCUT2D eigenvalue weighted by molar-refractivity contribution is 5.42. The van der Waals surface area contributed by atoms with Gasteiger partial charge in [0.15, 0.2) is 0 Å². The van der Waals surface area contributed by atoms with Crippen LogP contribution in [0.5, 0.6) is 0 Å². The fourth-order valence-corrected chi connectivity index (χ4v) is 2.89. The van der Waals surface area contributed by atoms with E-state index in [1.165, 1.54) is 37.9 Å². The third-order valence-electron chi connectivity index (χ3n) is 3.97. The predicted molar refractivity (Wildman–Crippen MR) is 73.5 cm³/mol. The minimum absolute atomic E-state index is 0.363. The third-order valence-corrected chi connectivity index (χ3v) is 3.97. The van der Waals surface area contributed by atoms with Gasteiger partial charge in [0.25, 0.3) is 0 Å². The molecular formula is C15H21F3N2. The first-order chi connectivity index (χ1) is 9.49. The number of alkyl halides is 3. The Balaban J connectivity index is 1.85. The molecule has 1 aliphatic carbocycles. The lowest BCUT2D eigenvalue weighted by Crippen LogP contribution is -2.26. The molecule has 1 N–H and O–H groups in total. The van der Waals surface area contributed by atoms with Crippen LogP contribution < -0.4 is 5.32 Å². The quantitative estimate of drug-likeness (QED) is 0.854. The van der Waals surface area contributed by atoms with Crippen molar-refractivity contribution in [2.24, 2.45) is 5.92 Å². The number of nitrogens with zero attached hydrogens (tertiary/aromatic N) is 1. The Kier molecular flexibility index (Phi) is 4.89. The van der Waals surface area contributed by atoms with E-state index in [1.54, 1.807) is 0 Å². The summed E-state index contributed by atoms with van der Waals surface area (Å²) in [4.78, 5) is 3.47. The fraction of sp³-hybridized carbons (Fsp3) is 0.667. The highest BCUT2D eigenvalue weighted by atomic mass is 19.4. The number of nitrogens with one attached hydrogen (secondary N) is 1. The Hall–Kier alpha value is -1.26. The first-order valence-electron chi connectivity index (χ1n) is 7.29. The largest absolute Gasteiger partial charge is 0.433 e. The van der Waals surface area contributed by atoms with Gasteiger partial charge in [-0.2, -0.15) is 13.2 Å². The summed E-state index contributed by atoms with van der Waals surface area (Å²) in [5, 5.41) is 3.29. The van der Waals surface area contributed by atoms with E-state index < -0.39 is 11.9 Å². The summed E-state index contributed by atoms with van der Waals surface area (Å²) in [7, 11) is 0. The molecule has 1 aromatic rings. The van der Waals surface area contributed by atoms with Crippen LogP contribution in [-0.2, 0) is 6.18 Å². The second kappa shape index (κ2) is 6.46. The van der Waals surface area contributed by atoms with Crippen molar-refractivity contribution in [3.8, 4) is 0 Å². The molecule has 0 radical (unpaired) electrons. The normalized spacial score (nSPS) is 23.6. The first-order valence-corrected chi connectivity index (χ1v) is 7.29. The van der Waals surface area contributed by atoms with Crippen LogP contribution >= 0.6 is 0 Å². The zero-order valence-electron chi connectivity index (χ0n) is 11.7. The van der Waals surface area contributed by atoms with Crippen LogP contribution in [0.4, 0.5) is 18.9 Å². The maximum atomic E-state index is 12.4. The Morgan fingerprint density at radius 3 is 2.40 bits per heavy atom. The number of halogens is 3. The van der Waals surface area contributed by atoms with Crippen molar-refractivity contribution < 1.29 is 13.2 Å². The molecule has 0 unspecified atom stereocenters. The highest BCUT2D eigenvalue weighted by Crippen LogP contribution is 2.30. The molecular weight excluding hydrogens is 265 g/mol. The van der Waals surface area contributed by atoms with Gasteiger partial charge < -0.3 is 5.32 Å². The van der Waals surface area contributed by atoms with Crippen molar-refractivity contribution in [3.63, 3.8) is 0 Å². The van der Waals surface area contributed by atoms with Gasteiger partial charge >= 0.3 is 6.18 Å². The monoisotopic (exact) mass is 286 g/mol. The standard InChI is InChI=1S/C15H21F3N2/c1-2-3-11-4-6-12(7-5-11)20-13-8-9-14(19-10-13)15(16,17)18/h8-12,20H,2-7H2,1H3. The number of anilines is 1. The van der Waals surface area contributed by atoms with E-state index >= 15 is 0 Å². The summed E-state index contributed by atoms with van der Waals surface area (Å²) >= 11 is 0. The van der Waals surface area contributed by atoms with Crippen LogP contribution in [0.2, 0.25) is 0 Å². The molecule has 2 rings (SSSR count). The Labute approximate surface area is 117 Å². The van der Waals surface area contributed by atoms with Crippen molar-refractivity contribution >= 4 is 5.69 Å². The van der Waals surface area contributed by atoms with Gasteiger partial charge in [-0.15, -0.1) is 0 Å². The average Bonchev–Trinajstić information content (AvgIpc) is 2.41. The summed E-state index contributed by atoms with van der Waals surface area (Å²) in [5.41, 5.74) is -0.161. The summed E-state index contributed by atoms with van der Waals surface area (Å²) < 4.78 is 37.2. The van der Waals surface area contributed by atoms with Gasteiger partial charge in [-0.25, -0.2) is 4.98 Å². The first kappa shape index (κ1) is 15.1. The zero-order chi connectivity index (χ0) is 14.6. The summed E-state index contributed by atoms with van der Waals surface area (Å²) in [6, 6.07) is 2.86. The average molecular weight is 286 g/mol. The third kappa shape index (κ3) is 4.12. The number of hydrogen-bond donors (Lipinski definition) is 1. The molecule has 1 fully saturated rings. The van der Waals surface area contributed by atoms with Crippen molar-refractivity contribution in [2.45, 2.75) is 57.7 Å².